The van der Waals surface area contributed by atoms with Gasteiger partial charge in [-0.2, -0.15) is 10.2 Å². The predicted molar refractivity (Wildman–Crippen MR) is 59.0 cm³/mol. The van der Waals surface area contributed by atoms with Gasteiger partial charge in [-0.15, -0.1) is 0 Å². The van der Waals surface area contributed by atoms with Crippen LogP contribution in [0.2, 0.25) is 0 Å². The first-order valence-electron chi connectivity index (χ1n) is 4.92. The van der Waals surface area contributed by atoms with Gasteiger partial charge in [0, 0.05) is 6.42 Å². The van der Waals surface area contributed by atoms with Crippen LogP contribution in [0.1, 0.15) is 22.6 Å². The van der Waals surface area contributed by atoms with Crippen LogP contribution in [-0.4, -0.2) is 15.1 Å². The van der Waals surface area contributed by atoms with Crippen LogP contribution in [0, 0.1) is 18.3 Å². The summed E-state index contributed by atoms with van der Waals surface area (Å²) in [6.45, 7) is 1.79. The summed E-state index contributed by atoms with van der Waals surface area (Å²) in [5.74, 6) is 0.739. The normalized spacial score (nSPS) is 10.0. The Kier molecular flexibility index (Phi) is 2.61. The van der Waals surface area contributed by atoms with E-state index in [1.54, 1.807) is 19.1 Å². The van der Waals surface area contributed by atoms with E-state index in [4.69, 9.17) is 5.26 Å². The van der Waals surface area contributed by atoms with Gasteiger partial charge >= 0.3 is 0 Å². The van der Waals surface area contributed by atoms with Gasteiger partial charge < -0.3 is 10.1 Å². The second kappa shape index (κ2) is 4.07. The minimum atomic E-state index is 0.0434. The van der Waals surface area contributed by atoms with Crippen molar-refractivity contribution in [1.82, 2.24) is 9.97 Å². The molecule has 2 rings (SSSR count). The van der Waals surface area contributed by atoms with Crippen molar-refractivity contribution in [2.45, 2.75) is 13.3 Å². The van der Waals surface area contributed by atoms with Crippen LogP contribution < -0.4 is 0 Å². The maximum absolute atomic E-state index is 9.50. The Balaban J connectivity index is 2.21. The van der Waals surface area contributed by atoms with Crippen molar-refractivity contribution in [3.63, 3.8) is 0 Å². The molecule has 0 amide bonds. The molecule has 2 aromatic rings. The van der Waals surface area contributed by atoms with E-state index in [0.29, 0.717) is 23.5 Å². The quantitative estimate of drug-likeness (QED) is 0.800. The Bertz CT molecular complexity index is 534. The summed E-state index contributed by atoms with van der Waals surface area (Å²) in [4.78, 5) is 6.88. The third kappa shape index (κ3) is 2.04. The lowest BCUT2D eigenvalue weighted by atomic mass is 10.1. The molecule has 1 heterocycles. The Morgan fingerprint density at radius 3 is 2.56 bits per heavy atom. The van der Waals surface area contributed by atoms with Crippen molar-refractivity contribution in [2.24, 2.45) is 0 Å². The average molecular weight is 213 g/mol. The molecule has 0 aliphatic carbocycles. The number of hydrogen-bond acceptors (Lipinski definition) is 3. The molecule has 0 bridgehead atoms. The standard InChI is InChI=1S/C12H11N3O/c1-8-14-11(12(16)15-8)6-9-2-4-10(7-13)5-3-9/h2-5,16H,6H2,1H3,(H,14,15). The van der Waals surface area contributed by atoms with Gasteiger partial charge in [-0.3, -0.25) is 0 Å². The molecule has 4 heteroatoms. The molecule has 16 heavy (non-hydrogen) atoms. The fraction of sp³-hybridized carbons (Fsp3) is 0.167. The second-order valence-electron chi connectivity index (χ2n) is 3.61. The first-order valence-corrected chi connectivity index (χ1v) is 4.92. The van der Waals surface area contributed by atoms with Crippen molar-refractivity contribution in [3.8, 4) is 11.9 Å². The van der Waals surface area contributed by atoms with Gasteiger partial charge in [0.15, 0.2) is 0 Å². The van der Waals surface area contributed by atoms with Crippen LogP contribution in [-0.2, 0) is 6.42 Å². The summed E-state index contributed by atoms with van der Waals surface area (Å²) in [7, 11) is 0. The monoisotopic (exact) mass is 213 g/mol. The summed E-state index contributed by atoms with van der Waals surface area (Å²) in [6.07, 6.45) is 0.582. The van der Waals surface area contributed by atoms with Crippen molar-refractivity contribution >= 4 is 0 Å². The number of rotatable bonds is 2. The molecular formula is C12H11N3O. The summed E-state index contributed by atoms with van der Waals surface area (Å²) >= 11 is 0. The maximum Gasteiger partial charge on any atom is 0.232 e. The summed E-state index contributed by atoms with van der Waals surface area (Å²) in [6, 6.07) is 9.32. The van der Waals surface area contributed by atoms with Crippen LogP contribution in [0.3, 0.4) is 0 Å². The number of aromatic nitrogens is 2. The number of nitriles is 1. The fourth-order valence-corrected chi connectivity index (χ4v) is 1.55. The van der Waals surface area contributed by atoms with E-state index in [-0.39, 0.29) is 5.88 Å². The molecular weight excluding hydrogens is 202 g/mol. The Hall–Kier alpha value is -2.28. The molecule has 1 aromatic carbocycles. The molecule has 0 aliphatic rings. The number of H-pyrrole nitrogens is 1. The number of aromatic amines is 1. The van der Waals surface area contributed by atoms with Crippen molar-refractivity contribution in [1.29, 1.82) is 5.26 Å². The first-order chi connectivity index (χ1) is 7.69. The molecule has 0 atom stereocenters. The van der Waals surface area contributed by atoms with Gasteiger partial charge in [-0.05, 0) is 24.6 Å². The highest BCUT2D eigenvalue weighted by Gasteiger charge is 2.07. The Morgan fingerprint density at radius 1 is 1.38 bits per heavy atom. The van der Waals surface area contributed by atoms with Gasteiger partial charge in [0.25, 0.3) is 0 Å². The lowest BCUT2D eigenvalue weighted by Crippen LogP contribution is -1.89. The molecule has 0 spiro atoms. The van der Waals surface area contributed by atoms with Gasteiger partial charge in [-0.25, -0.2) is 0 Å². The molecule has 0 saturated heterocycles. The molecule has 4 nitrogen and oxygen atoms in total. The van der Waals surface area contributed by atoms with E-state index in [2.05, 4.69) is 16.0 Å². The second-order valence-corrected chi connectivity index (χ2v) is 3.61. The molecule has 1 aromatic heterocycles. The van der Waals surface area contributed by atoms with Crippen molar-refractivity contribution < 1.29 is 5.11 Å². The summed E-state index contributed by atoms with van der Waals surface area (Å²) in [5, 5.41) is 18.2. The highest BCUT2D eigenvalue weighted by atomic mass is 16.3. The van der Waals surface area contributed by atoms with E-state index < -0.39 is 0 Å². The molecule has 0 fully saturated rings. The molecule has 2 N–H and O–H groups in total. The van der Waals surface area contributed by atoms with Crippen molar-refractivity contribution in [2.75, 3.05) is 0 Å². The van der Waals surface area contributed by atoms with Gasteiger partial charge in [0.05, 0.1) is 17.3 Å². The SMILES string of the molecule is Cc1nc(O)c(Cc2ccc(C#N)cc2)[nH]1. The number of aromatic hydroxyl groups is 1. The number of benzene rings is 1. The van der Waals surface area contributed by atoms with Crippen LogP contribution in [0.5, 0.6) is 5.88 Å². The number of aryl methyl sites for hydroxylation is 1. The van der Waals surface area contributed by atoms with Crippen molar-refractivity contribution in [3.05, 3.63) is 46.9 Å². The highest BCUT2D eigenvalue weighted by Crippen LogP contribution is 2.17. The Labute approximate surface area is 93.2 Å². The van der Waals surface area contributed by atoms with Crippen LogP contribution in [0.4, 0.5) is 0 Å². The Morgan fingerprint density at radius 2 is 2.06 bits per heavy atom. The number of imidazole rings is 1. The third-order valence-corrected chi connectivity index (χ3v) is 2.34. The van der Waals surface area contributed by atoms with E-state index >= 15 is 0 Å². The average Bonchev–Trinajstić information content (AvgIpc) is 2.59. The lowest BCUT2D eigenvalue weighted by Gasteiger charge is -1.99. The minimum Gasteiger partial charge on any atom is -0.492 e. The molecule has 0 saturated carbocycles. The van der Waals surface area contributed by atoms with Crippen LogP contribution in [0.25, 0.3) is 0 Å². The summed E-state index contributed by atoms with van der Waals surface area (Å²) in [5.41, 5.74) is 2.36. The van der Waals surface area contributed by atoms with Crippen LogP contribution >= 0.6 is 0 Å². The van der Waals surface area contributed by atoms with E-state index in [9.17, 15) is 5.11 Å². The first kappa shape index (κ1) is 10.2. The zero-order valence-corrected chi connectivity index (χ0v) is 8.86. The zero-order chi connectivity index (χ0) is 11.5. The zero-order valence-electron chi connectivity index (χ0n) is 8.86. The lowest BCUT2D eigenvalue weighted by molar-refractivity contribution is 0.450. The molecule has 0 aliphatic heterocycles. The van der Waals surface area contributed by atoms with Gasteiger partial charge in [-0.1, -0.05) is 12.1 Å². The fourth-order valence-electron chi connectivity index (χ4n) is 1.55. The smallest absolute Gasteiger partial charge is 0.232 e. The minimum absolute atomic E-state index is 0.0434. The third-order valence-electron chi connectivity index (χ3n) is 2.34. The van der Waals surface area contributed by atoms with E-state index in [0.717, 1.165) is 5.56 Å². The topological polar surface area (TPSA) is 72.7 Å². The van der Waals surface area contributed by atoms with E-state index in [1.807, 2.05) is 12.1 Å². The van der Waals surface area contributed by atoms with Gasteiger partial charge in [0.1, 0.15) is 5.82 Å². The van der Waals surface area contributed by atoms with E-state index in [1.165, 1.54) is 0 Å². The maximum atomic E-state index is 9.50. The molecule has 80 valence electrons. The highest BCUT2D eigenvalue weighted by molar-refractivity contribution is 5.34. The molecule has 0 radical (unpaired) electrons. The molecule has 0 unspecified atom stereocenters. The van der Waals surface area contributed by atoms with Gasteiger partial charge in [0.2, 0.25) is 5.88 Å². The largest absolute Gasteiger partial charge is 0.492 e. The number of nitrogens with one attached hydrogen (secondary N) is 1. The van der Waals surface area contributed by atoms with Crippen LogP contribution in [0.15, 0.2) is 24.3 Å². The summed E-state index contributed by atoms with van der Waals surface area (Å²) < 4.78 is 0. The number of nitrogens with zero attached hydrogens (tertiary/aromatic N) is 2. The number of hydrogen-bond donors (Lipinski definition) is 2. The predicted octanol–water partition coefficient (Wildman–Crippen LogP) is 1.89.